The summed E-state index contributed by atoms with van der Waals surface area (Å²) in [5.74, 6) is 0. The number of aromatic amines is 1. The monoisotopic (exact) mass is 375 g/mol. The number of aromatic nitrogens is 2. The molecule has 0 atom stereocenters. The molecule has 6 nitrogen and oxygen atoms in total. The van der Waals surface area contributed by atoms with Crippen molar-refractivity contribution in [2.24, 2.45) is 0 Å². The van der Waals surface area contributed by atoms with E-state index in [1.54, 1.807) is 12.1 Å². The van der Waals surface area contributed by atoms with Crippen molar-refractivity contribution in [3.63, 3.8) is 0 Å². The molecule has 1 saturated carbocycles. The molecule has 0 aliphatic heterocycles. The second kappa shape index (κ2) is 7.72. The van der Waals surface area contributed by atoms with Gasteiger partial charge < -0.3 is 0 Å². The molecule has 140 valence electrons. The first kappa shape index (κ1) is 18.8. The number of rotatable bonds is 4. The Hall–Kier alpha value is -1.99. The van der Waals surface area contributed by atoms with Crippen LogP contribution in [-0.4, -0.2) is 24.7 Å². The summed E-state index contributed by atoms with van der Waals surface area (Å²) in [7, 11) is -3.62. The minimum atomic E-state index is -3.62. The van der Waals surface area contributed by atoms with E-state index in [-0.39, 0.29) is 16.5 Å². The molecule has 26 heavy (non-hydrogen) atoms. The van der Waals surface area contributed by atoms with E-state index in [1.807, 2.05) is 19.9 Å². The normalized spacial score (nSPS) is 16.4. The zero-order valence-corrected chi connectivity index (χ0v) is 16.0. The van der Waals surface area contributed by atoms with Crippen LogP contribution in [0.1, 0.15) is 49.7 Å². The van der Waals surface area contributed by atoms with Gasteiger partial charge in [-0.2, -0.15) is 5.10 Å². The highest BCUT2D eigenvalue weighted by atomic mass is 32.2. The largest absolute Gasteiger partial charge is 0.268 e. The molecule has 2 aromatic rings. The van der Waals surface area contributed by atoms with Crippen LogP contribution >= 0.6 is 0 Å². The number of hydrogen-bond acceptors (Lipinski definition) is 4. The van der Waals surface area contributed by atoms with Gasteiger partial charge in [0.1, 0.15) is 0 Å². The van der Waals surface area contributed by atoms with Gasteiger partial charge in [-0.25, -0.2) is 18.2 Å². The Labute approximate surface area is 154 Å². The number of aryl methyl sites for hydroxylation is 1. The molecular weight excluding hydrogens is 350 g/mol. The number of hydrogen-bond donors (Lipinski definition) is 2. The summed E-state index contributed by atoms with van der Waals surface area (Å²) in [5, 5.41) is 6.41. The van der Waals surface area contributed by atoms with Gasteiger partial charge in [-0.3, -0.25) is 4.79 Å². The third kappa shape index (κ3) is 4.22. The maximum absolute atomic E-state index is 13.0. The lowest BCUT2D eigenvalue weighted by Crippen LogP contribution is -2.34. The van der Waals surface area contributed by atoms with Gasteiger partial charge in [-0.05, 0) is 56.0 Å². The van der Waals surface area contributed by atoms with Crippen LogP contribution in [0.4, 0.5) is 0 Å². The summed E-state index contributed by atoms with van der Waals surface area (Å²) in [6, 6.07) is 6.51. The predicted octanol–water partition coefficient (Wildman–Crippen LogP) is 3.05. The standard InChI is InChI=1S/C19H25N3O3S/c1-13-11-15(17-9-10-19(23)21-20-17)12-18(14(13)2)26(24,25)22-16-7-5-3-4-6-8-16/h9-12,16,22H,3-8H2,1-2H3,(H,21,23). The molecule has 1 aliphatic carbocycles. The highest BCUT2D eigenvalue weighted by molar-refractivity contribution is 7.89. The van der Waals surface area contributed by atoms with Crippen LogP contribution in [0.5, 0.6) is 0 Å². The Morgan fingerprint density at radius 1 is 1.08 bits per heavy atom. The molecule has 0 saturated heterocycles. The van der Waals surface area contributed by atoms with Gasteiger partial charge >= 0.3 is 0 Å². The van der Waals surface area contributed by atoms with Crippen LogP contribution in [0.2, 0.25) is 0 Å². The summed E-state index contributed by atoms with van der Waals surface area (Å²) >= 11 is 0. The first-order valence-corrected chi connectivity index (χ1v) is 10.5. The summed E-state index contributed by atoms with van der Waals surface area (Å²) in [6.07, 6.45) is 6.24. The molecule has 0 radical (unpaired) electrons. The van der Waals surface area contributed by atoms with E-state index in [0.29, 0.717) is 11.3 Å². The molecule has 0 bridgehead atoms. The van der Waals surface area contributed by atoms with Gasteiger partial charge in [0.2, 0.25) is 10.0 Å². The SMILES string of the molecule is Cc1cc(-c2ccc(=O)[nH]n2)cc(S(=O)(=O)NC2CCCCCC2)c1C. The van der Waals surface area contributed by atoms with E-state index >= 15 is 0 Å². The first-order chi connectivity index (χ1) is 12.4. The van der Waals surface area contributed by atoms with Crippen LogP contribution in [0.3, 0.4) is 0 Å². The molecule has 0 spiro atoms. The molecular formula is C19H25N3O3S. The average molecular weight is 375 g/mol. The Balaban J connectivity index is 1.97. The maximum atomic E-state index is 13.0. The minimum Gasteiger partial charge on any atom is -0.268 e. The molecule has 1 aromatic carbocycles. The fourth-order valence-corrected chi connectivity index (χ4v) is 5.09. The Morgan fingerprint density at radius 2 is 1.77 bits per heavy atom. The Kier molecular flexibility index (Phi) is 5.58. The summed E-state index contributed by atoms with van der Waals surface area (Å²) < 4.78 is 29.0. The van der Waals surface area contributed by atoms with Gasteiger partial charge in [0, 0.05) is 17.7 Å². The van der Waals surface area contributed by atoms with E-state index in [0.717, 1.165) is 36.8 Å². The lowest BCUT2D eigenvalue weighted by atomic mass is 10.0. The third-order valence-electron chi connectivity index (χ3n) is 5.06. The van der Waals surface area contributed by atoms with E-state index in [9.17, 15) is 13.2 Å². The molecule has 3 rings (SSSR count). The van der Waals surface area contributed by atoms with E-state index in [2.05, 4.69) is 14.9 Å². The van der Waals surface area contributed by atoms with Gasteiger partial charge in [-0.15, -0.1) is 0 Å². The lowest BCUT2D eigenvalue weighted by molar-refractivity contribution is 0.509. The second-order valence-corrected chi connectivity index (χ2v) is 8.71. The van der Waals surface area contributed by atoms with Crippen LogP contribution in [0, 0.1) is 13.8 Å². The van der Waals surface area contributed by atoms with Crippen LogP contribution in [0.25, 0.3) is 11.3 Å². The molecule has 1 heterocycles. The zero-order valence-electron chi connectivity index (χ0n) is 15.2. The fourth-order valence-electron chi connectivity index (χ4n) is 3.44. The Bertz CT molecular complexity index is 922. The second-order valence-electron chi connectivity index (χ2n) is 7.03. The average Bonchev–Trinajstić information content (AvgIpc) is 2.86. The predicted molar refractivity (Wildman–Crippen MR) is 102 cm³/mol. The maximum Gasteiger partial charge on any atom is 0.264 e. The van der Waals surface area contributed by atoms with Crippen molar-refractivity contribution in [3.8, 4) is 11.3 Å². The van der Waals surface area contributed by atoms with Crippen molar-refractivity contribution in [3.05, 3.63) is 45.7 Å². The molecule has 0 unspecified atom stereocenters. The van der Waals surface area contributed by atoms with Gasteiger partial charge in [0.15, 0.2) is 0 Å². The van der Waals surface area contributed by atoms with Crippen molar-refractivity contribution >= 4 is 10.0 Å². The van der Waals surface area contributed by atoms with E-state index in [1.165, 1.54) is 18.9 Å². The molecule has 1 fully saturated rings. The number of benzene rings is 1. The molecule has 1 aromatic heterocycles. The van der Waals surface area contributed by atoms with Gasteiger partial charge in [0.05, 0.1) is 10.6 Å². The molecule has 7 heteroatoms. The molecule has 0 amide bonds. The number of H-pyrrole nitrogens is 1. The molecule has 1 aliphatic rings. The highest BCUT2D eigenvalue weighted by Crippen LogP contribution is 2.27. The van der Waals surface area contributed by atoms with Crippen LogP contribution in [-0.2, 0) is 10.0 Å². The zero-order chi connectivity index (χ0) is 18.7. The van der Waals surface area contributed by atoms with Crippen LogP contribution < -0.4 is 10.3 Å². The van der Waals surface area contributed by atoms with Crippen molar-refractivity contribution in [1.82, 2.24) is 14.9 Å². The fraction of sp³-hybridized carbons (Fsp3) is 0.474. The third-order valence-corrected chi connectivity index (χ3v) is 6.71. The van der Waals surface area contributed by atoms with Gasteiger partial charge in [0.25, 0.3) is 5.56 Å². The number of sulfonamides is 1. The lowest BCUT2D eigenvalue weighted by Gasteiger charge is -2.19. The van der Waals surface area contributed by atoms with Gasteiger partial charge in [-0.1, -0.05) is 25.7 Å². The number of nitrogens with zero attached hydrogens (tertiary/aromatic N) is 1. The summed E-state index contributed by atoms with van der Waals surface area (Å²) in [6.45, 7) is 3.70. The van der Waals surface area contributed by atoms with Crippen molar-refractivity contribution < 1.29 is 8.42 Å². The molecule has 2 N–H and O–H groups in total. The van der Waals surface area contributed by atoms with Crippen LogP contribution in [0.15, 0.2) is 34.0 Å². The smallest absolute Gasteiger partial charge is 0.264 e. The number of nitrogens with one attached hydrogen (secondary N) is 2. The first-order valence-electron chi connectivity index (χ1n) is 9.06. The highest BCUT2D eigenvalue weighted by Gasteiger charge is 2.24. The minimum absolute atomic E-state index is 0.00272. The van der Waals surface area contributed by atoms with E-state index in [4.69, 9.17) is 0 Å². The van der Waals surface area contributed by atoms with Crippen molar-refractivity contribution in [2.75, 3.05) is 0 Å². The quantitative estimate of drug-likeness (QED) is 0.804. The summed E-state index contributed by atoms with van der Waals surface area (Å²) in [4.78, 5) is 11.5. The van der Waals surface area contributed by atoms with E-state index < -0.39 is 10.0 Å². The Morgan fingerprint density at radius 3 is 2.38 bits per heavy atom. The van der Waals surface area contributed by atoms with Crippen molar-refractivity contribution in [2.45, 2.75) is 63.3 Å². The topological polar surface area (TPSA) is 91.9 Å². The summed E-state index contributed by atoms with van der Waals surface area (Å²) in [5.41, 5.74) is 2.53. The van der Waals surface area contributed by atoms with Crippen molar-refractivity contribution in [1.29, 1.82) is 0 Å².